The van der Waals surface area contributed by atoms with E-state index in [2.05, 4.69) is 0 Å². The van der Waals surface area contributed by atoms with Crippen molar-refractivity contribution in [2.24, 2.45) is 0 Å². The van der Waals surface area contributed by atoms with Crippen LogP contribution in [0.1, 0.15) is 6.92 Å². The van der Waals surface area contributed by atoms with Crippen LogP contribution in [0.4, 0.5) is 10.5 Å². The maximum atomic E-state index is 13.7. The summed E-state index contributed by atoms with van der Waals surface area (Å²) < 4.78 is 43.8. The van der Waals surface area contributed by atoms with Crippen LogP contribution in [-0.2, 0) is 19.6 Å². The molecule has 0 aliphatic carbocycles. The molecule has 0 atom stereocenters. The molecule has 1 heterocycles. The zero-order valence-corrected chi connectivity index (χ0v) is 21.3. The molecule has 1 fully saturated rings. The van der Waals surface area contributed by atoms with Crippen LogP contribution in [0.2, 0.25) is 5.02 Å². The van der Waals surface area contributed by atoms with E-state index in [9.17, 15) is 18.0 Å². The fourth-order valence-electron chi connectivity index (χ4n) is 3.60. The Hall–Kier alpha value is -3.18. The van der Waals surface area contributed by atoms with Crippen molar-refractivity contribution in [3.8, 4) is 11.5 Å². The molecule has 1 aliphatic rings. The number of nitrogens with zero attached hydrogens (tertiary/aromatic N) is 3. The van der Waals surface area contributed by atoms with E-state index in [0.717, 1.165) is 4.31 Å². The lowest BCUT2D eigenvalue weighted by molar-refractivity contribution is -0.131. The highest BCUT2D eigenvalue weighted by atomic mass is 35.5. The lowest BCUT2D eigenvalue weighted by Crippen LogP contribution is -2.53. The number of benzene rings is 2. The maximum Gasteiger partial charge on any atom is 0.409 e. The summed E-state index contributed by atoms with van der Waals surface area (Å²) in [6.07, 6.45) is -0.432. The average Bonchev–Trinajstić information content (AvgIpc) is 2.87. The normalized spacial score (nSPS) is 13.8. The molecular weight excluding hydrogens is 498 g/mol. The molecule has 0 spiro atoms. The number of sulfonamides is 1. The lowest BCUT2D eigenvalue weighted by atomic mass is 10.3. The van der Waals surface area contributed by atoms with Gasteiger partial charge in [-0.05, 0) is 43.3 Å². The second-order valence-electron chi connectivity index (χ2n) is 7.57. The van der Waals surface area contributed by atoms with Gasteiger partial charge < -0.3 is 24.0 Å². The number of methoxy groups -OCH3 is 2. The molecule has 3 rings (SSSR count). The monoisotopic (exact) mass is 525 g/mol. The summed E-state index contributed by atoms with van der Waals surface area (Å²) >= 11 is 5.99. The molecule has 2 amide bonds. The third kappa shape index (κ3) is 6.09. The van der Waals surface area contributed by atoms with E-state index in [-0.39, 0.29) is 36.0 Å². The van der Waals surface area contributed by atoms with Crippen molar-refractivity contribution in [2.75, 3.05) is 57.9 Å². The standard InChI is InChI=1S/C23H28ClN3O7S/c1-4-34-23(29)26-13-11-25(12-14-26)22(28)16-27(18-7-5-17(24)6-8-18)35(30,31)19-9-10-20(32-2)21(15-19)33-3/h5-10,15H,4,11-14,16H2,1-3H3. The minimum absolute atomic E-state index is 0.0648. The number of piperazine rings is 1. The van der Waals surface area contributed by atoms with Crippen molar-refractivity contribution in [3.05, 3.63) is 47.5 Å². The molecule has 0 radical (unpaired) electrons. The Balaban J connectivity index is 1.87. The van der Waals surface area contributed by atoms with E-state index in [1.54, 1.807) is 19.1 Å². The quantitative estimate of drug-likeness (QED) is 0.521. The Bertz CT molecular complexity index is 1150. The minimum atomic E-state index is -4.17. The number of hydrogen-bond acceptors (Lipinski definition) is 7. The molecule has 1 saturated heterocycles. The van der Waals surface area contributed by atoms with Gasteiger partial charge in [-0.25, -0.2) is 13.2 Å². The van der Waals surface area contributed by atoms with E-state index in [0.29, 0.717) is 23.9 Å². The number of carbonyl (C=O) groups excluding carboxylic acids is 2. The van der Waals surface area contributed by atoms with Crippen LogP contribution in [0, 0.1) is 0 Å². The number of halogens is 1. The van der Waals surface area contributed by atoms with E-state index in [1.807, 2.05) is 0 Å². The third-order valence-corrected chi connectivity index (χ3v) is 7.52. The molecule has 2 aromatic carbocycles. The van der Waals surface area contributed by atoms with Crippen molar-refractivity contribution in [1.82, 2.24) is 9.80 Å². The summed E-state index contributed by atoms with van der Waals surface area (Å²) in [4.78, 5) is 28.1. The van der Waals surface area contributed by atoms with Gasteiger partial charge in [-0.3, -0.25) is 9.10 Å². The Morgan fingerprint density at radius 1 is 0.943 bits per heavy atom. The summed E-state index contributed by atoms with van der Waals surface area (Å²) in [6.45, 7) is 2.69. The molecule has 10 nitrogen and oxygen atoms in total. The van der Waals surface area contributed by atoms with Crippen LogP contribution in [0.25, 0.3) is 0 Å². The van der Waals surface area contributed by atoms with Gasteiger partial charge in [0.2, 0.25) is 5.91 Å². The van der Waals surface area contributed by atoms with Gasteiger partial charge in [0.25, 0.3) is 10.0 Å². The second kappa shape index (κ2) is 11.5. The predicted molar refractivity (Wildman–Crippen MR) is 131 cm³/mol. The lowest BCUT2D eigenvalue weighted by Gasteiger charge is -2.35. The van der Waals surface area contributed by atoms with Gasteiger partial charge in [-0.2, -0.15) is 0 Å². The summed E-state index contributed by atoms with van der Waals surface area (Å²) in [5.74, 6) is 0.221. The Morgan fingerprint density at radius 2 is 1.54 bits per heavy atom. The Labute approximate surface area is 210 Å². The Morgan fingerprint density at radius 3 is 2.11 bits per heavy atom. The number of hydrogen-bond donors (Lipinski definition) is 0. The molecule has 1 aliphatic heterocycles. The Kier molecular flexibility index (Phi) is 8.68. The van der Waals surface area contributed by atoms with E-state index < -0.39 is 28.6 Å². The number of carbonyl (C=O) groups is 2. The SMILES string of the molecule is CCOC(=O)N1CCN(C(=O)CN(c2ccc(Cl)cc2)S(=O)(=O)c2ccc(OC)c(OC)c2)CC1. The first-order chi connectivity index (χ1) is 16.7. The molecule has 190 valence electrons. The molecule has 0 unspecified atom stereocenters. The summed E-state index contributed by atoms with van der Waals surface area (Å²) in [6, 6.07) is 10.4. The summed E-state index contributed by atoms with van der Waals surface area (Å²) in [5.41, 5.74) is 0.280. The zero-order chi connectivity index (χ0) is 25.6. The molecule has 0 saturated carbocycles. The van der Waals surface area contributed by atoms with Gasteiger partial charge in [0.15, 0.2) is 11.5 Å². The second-order valence-corrected chi connectivity index (χ2v) is 9.87. The van der Waals surface area contributed by atoms with Gasteiger partial charge in [-0.15, -0.1) is 0 Å². The molecule has 35 heavy (non-hydrogen) atoms. The maximum absolute atomic E-state index is 13.7. The molecule has 12 heteroatoms. The van der Waals surface area contributed by atoms with Gasteiger partial charge >= 0.3 is 6.09 Å². The fourth-order valence-corrected chi connectivity index (χ4v) is 5.16. The topological polar surface area (TPSA) is 106 Å². The number of anilines is 1. The van der Waals surface area contributed by atoms with Gasteiger partial charge in [0.05, 0.1) is 31.4 Å². The zero-order valence-electron chi connectivity index (χ0n) is 19.8. The fraction of sp³-hybridized carbons (Fsp3) is 0.391. The van der Waals surface area contributed by atoms with E-state index in [1.165, 1.54) is 54.4 Å². The van der Waals surface area contributed by atoms with Gasteiger partial charge in [0, 0.05) is 37.3 Å². The van der Waals surface area contributed by atoms with Crippen molar-refractivity contribution in [1.29, 1.82) is 0 Å². The van der Waals surface area contributed by atoms with Crippen molar-refractivity contribution < 1.29 is 32.2 Å². The van der Waals surface area contributed by atoms with Crippen LogP contribution in [-0.4, -0.2) is 83.8 Å². The average molecular weight is 526 g/mol. The number of rotatable bonds is 8. The van der Waals surface area contributed by atoms with Crippen LogP contribution >= 0.6 is 11.6 Å². The first-order valence-corrected chi connectivity index (χ1v) is 12.7. The predicted octanol–water partition coefficient (Wildman–Crippen LogP) is 2.85. The highest BCUT2D eigenvalue weighted by molar-refractivity contribution is 7.92. The van der Waals surface area contributed by atoms with E-state index in [4.69, 9.17) is 25.8 Å². The highest BCUT2D eigenvalue weighted by Crippen LogP contribution is 2.32. The first-order valence-electron chi connectivity index (χ1n) is 10.9. The van der Waals surface area contributed by atoms with Crippen LogP contribution in [0.3, 0.4) is 0 Å². The van der Waals surface area contributed by atoms with Gasteiger partial charge in [-0.1, -0.05) is 11.6 Å². The van der Waals surface area contributed by atoms with Crippen molar-refractivity contribution >= 4 is 39.3 Å². The third-order valence-electron chi connectivity index (χ3n) is 5.49. The molecule has 0 aromatic heterocycles. The van der Waals surface area contributed by atoms with Crippen LogP contribution in [0.5, 0.6) is 11.5 Å². The molecule has 0 bridgehead atoms. The highest BCUT2D eigenvalue weighted by Gasteiger charge is 2.31. The van der Waals surface area contributed by atoms with E-state index >= 15 is 0 Å². The number of amides is 2. The molecule has 2 aromatic rings. The smallest absolute Gasteiger partial charge is 0.409 e. The van der Waals surface area contributed by atoms with Crippen LogP contribution in [0.15, 0.2) is 47.4 Å². The van der Waals surface area contributed by atoms with Crippen molar-refractivity contribution in [3.63, 3.8) is 0 Å². The number of ether oxygens (including phenoxy) is 3. The summed E-state index contributed by atoms with van der Waals surface area (Å²) in [5, 5.41) is 0.429. The summed E-state index contributed by atoms with van der Waals surface area (Å²) in [7, 11) is -1.31. The first kappa shape index (κ1) is 26.4. The van der Waals surface area contributed by atoms with Gasteiger partial charge in [0.1, 0.15) is 6.54 Å². The van der Waals surface area contributed by atoms with Crippen molar-refractivity contribution in [2.45, 2.75) is 11.8 Å². The van der Waals surface area contributed by atoms with Crippen LogP contribution < -0.4 is 13.8 Å². The largest absolute Gasteiger partial charge is 0.493 e. The molecular formula is C23H28ClN3O7S. The minimum Gasteiger partial charge on any atom is -0.493 e. The molecule has 0 N–H and O–H groups in total.